The zero-order chi connectivity index (χ0) is 13.2. The van der Waals surface area contributed by atoms with Crippen LogP contribution in [0.3, 0.4) is 0 Å². The summed E-state index contributed by atoms with van der Waals surface area (Å²) >= 11 is 0. The number of aryl methyl sites for hydroxylation is 1. The number of carbonyl (C=O) groups is 1. The van der Waals surface area contributed by atoms with Gasteiger partial charge in [-0.3, -0.25) is 4.79 Å². The van der Waals surface area contributed by atoms with E-state index in [9.17, 15) is 4.79 Å². The number of likely N-dealkylation sites (N-methyl/N-ethyl adjacent to an activating group) is 1. The van der Waals surface area contributed by atoms with Crippen molar-refractivity contribution in [3.8, 4) is 0 Å². The van der Waals surface area contributed by atoms with E-state index in [2.05, 4.69) is 10.3 Å². The van der Waals surface area contributed by atoms with Crippen molar-refractivity contribution in [1.82, 2.24) is 19.8 Å². The van der Waals surface area contributed by atoms with E-state index < -0.39 is 0 Å². The van der Waals surface area contributed by atoms with E-state index in [1.165, 1.54) is 0 Å². The Morgan fingerprint density at radius 3 is 2.89 bits per heavy atom. The molecule has 1 aliphatic heterocycles. The van der Waals surface area contributed by atoms with Gasteiger partial charge in [-0.15, -0.1) is 0 Å². The molecule has 0 radical (unpaired) electrons. The van der Waals surface area contributed by atoms with E-state index in [1.54, 1.807) is 18.1 Å². The first-order chi connectivity index (χ1) is 8.50. The second-order valence-corrected chi connectivity index (χ2v) is 5.05. The minimum atomic E-state index is -0.181. The van der Waals surface area contributed by atoms with Crippen LogP contribution in [0, 0.1) is 0 Å². The summed E-state index contributed by atoms with van der Waals surface area (Å²) in [5.41, 5.74) is -0.181. The molecule has 0 bridgehead atoms. The number of rotatable bonds is 5. The van der Waals surface area contributed by atoms with Crippen LogP contribution in [0.25, 0.3) is 0 Å². The number of hydrogen-bond donors (Lipinski definition) is 1. The Kier molecular flexibility index (Phi) is 3.68. The third-order valence-electron chi connectivity index (χ3n) is 3.27. The summed E-state index contributed by atoms with van der Waals surface area (Å²) in [4.78, 5) is 17.7. The molecular formula is C12H20N4O2. The van der Waals surface area contributed by atoms with Gasteiger partial charge >= 0.3 is 0 Å². The summed E-state index contributed by atoms with van der Waals surface area (Å²) in [7, 11) is 3.68. The summed E-state index contributed by atoms with van der Waals surface area (Å²) in [5.74, 6) is 0.841. The van der Waals surface area contributed by atoms with E-state index in [4.69, 9.17) is 4.74 Å². The fourth-order valence-corrected chi connectivity index (χ4v) is 1.77. The second kappa shape index (κ2) is 5.07. The minimum absolute atomic E-state index is 0.0221. The molecule has 100 valence electrons. The number of ether oxygens (including phenoxy) is 1. The highest BCUT2D eigenvalue weighted by atomic mass is 16.5. The summed E-state index contributed by atoms with van der Waals surface area (Å²) in [6.45, 7) is 4.25. The van der Waals surface area contributed by atoms with E-state index >= 15 is 0 Å². The molecule has 1 aromatic rings. The topological polar surface area (TPSA) is 59.4 Å². The SMILES string of the molecule is CN(Cc1nccn1C)C(=O)COC1(C)CNC1. The average molecular weight is 252 g/mol. The van der Waals surface area contributed by atoms with Crippen molar-refractivity contribution >= 4 is 5.91 Å². The lowest BCUT2D eigenvalue weighted by Crippen LogP contribution is -2.59. The van der Waals surface area contributed by atoms with Crippen LogP contribution in [0.4, 0.5) is 0 Å². The fraction of sp³-hybridized carbons (Fsp3) is 0.667. The summed E-state index contributed by atoms with van der Waals surface area (Å²) in [5, 5.41) is 3.14. The van der Waals surface area contributed by atoms with Crippen molar-refractivity contribution in [3.05, 3.63) is 18.2 Å². The van der Waals surface area contributed by atoms with Gasteiger partial charge in [-0.2, -0.15) is 0 Å². The van der Waals surface area contributed by atoms with E-state index in [0.29, 0.717) is 6.54 Å². The van der Waals surface area contributed by atoms with Crippen LogP contribution < -0.4 is 5.32 Å². The van der Waals surface area contributed by atoms with Gasteiger partial charge in [0.15, 0.2) is 0 Å². The van der Waals surface area contributed by atoms with Gasteiger partial charge in [0, 0.05) is 39.6 Å². The van der Waals surface area contributed by atoms with Crippen LogP contribution in [-0.2, 0) is 23.1 Å². The van der Waals surface area contributed by atoms with Gasteiger partial charge in [0.2, 0.25) is 5.91 Å². The summed E-state index contributed by atoms with van der Waals surface area (Å²) < 4.78 is 7.52. The highest BCUT2D eigenvalue weighted by Gasteiger charge is 2.33. The molecule has 2 heterocycles. The summed E-state index contributed by atoms with van der Waals surface area (Å²) in [6.07, 6.45) is 3.59. The Morgan fingerprint density at radius 2 is 2.39 bits per heavy atom. The normalized spacial score (nSPS) is 17.3. The number of nitrogens with one attached hydrogen (secondary N) is 1. The predicted octanol–water partition coefficient (Wildman–Crippen LogP) is -0.243. The predicted molar refractivity (Wildman–Crippen MR) is 66.9 cm³/mol. The standard InChI is InChI=1S/C12H20N4O2/c1-12(8-13-9-12)18-7-11(17)16(3)6-10-14-4-5-15(10)2/h4-5,13H,6-9H2,1-3H3. The van der Waals surface area contributed by atoms with Gasteiger partial charge in [0.25, 0.3) is 0 Å². The van der Waals surface area contributed by atoms with Crippen molar-refractivity contribution in [3.63, 3.8) is 0 Å². The number of imidazole rings is 1. The first-order valence-corrected chi connectivity index (χ1v) is 6.05. The maximum Gasteiger partial charge on any atom is 0.248 e. The molecule has 1 saturated heterocycles. The molecule has 1 aromatic heterocycles. The molecule has 1 aliphatic rings. The lowest BCUT2D eigenvalue weighted by atomic mass is 10.0. The fourth-order valence-electron chi connectivity index (χ4n) is 1.77. The quantitative estimate of drug-likeness (QED) is 0.785. The van der Waals surface area contributed by atoms with E-state index in [-0.39, 0.29) is 18.1 Å². The lowest BCUT2D eigenvalue weighted by Gasteiger charge is -2.39. The van der Waals surface area contributed by atoms with E-state index in [1.807, 2.05) is 24.7 Å². The molecule has 0 saturated carbocycles. The minimum Gasteiger partial charge on any atom is -0.363 e. The number of hydrogen-bond acceptors (Lipinski definition) is 4. The molecule has 2 rings (SSSR count). The second-order valence-electron chi connectivity index (χ2n) is 5.05. The van der Waals surface area contributed by atoms with Crippen molar-refractivity contribution in [2.45, 2.75) is 19.1 Å². The van der Waals surface area contributed by atoms with Crippen LogP contribution in [0.5, 0.6) is 0 Å². The Bertz CT molecular complexity index is 425. The number of nitrogens with zero attached hydrogens (tertiary/aromatic N) is 3. The largest absolute Gasteiger partial charge is 0.363 e. The Balaban J connectivity index is 1.80. The smallest absolute Gasteiger partial charge is 0.248 e. The van der Waals surface area contributed by atoms with Crippen LogP contribution in [-0.4, -0.2) is 52.7 Å². The maximum atomic E-state index is 11.9. The molecular weight excluding hydrogens is 232 g/mol. The van der Waals surface area contributed by atoms with Gasteiger partial charge < -0.3 is 19.5 Å². The van der Waals surface area contributed by atoms with Crippen LogP contribution in [0.1, 0.15) is 12.7 Å². The molecule has 1 N–H and O–H groups in total. The van der Waals surface area contributed by atoms with Crippen molar-refractivity contribution in [2.24, 2.45) is 7.05 Å². The molecule has 6 nitrogen and oxygen atoms in total. The number of carbonyl (C=O) groups excluding carboxylic acids is 1. The molecule has 0 aliphatic carbocycles. The zero-order valence-electron chi connectivity index (χ0n) is 11.1. The van der Waals surface area contributed by atoms with Gasteiger partial charge in [-0.1, -0.05) is 0 Å². The molecule has 18 heavy (non-hydrogen) atoms. The zero-order valence-corrected chi connectivity index (χ0v) is 11.1. The number of amides is 1. The molecule has 0 aromatic carbocycles. The molecule has 0 unspecified atom stereocenters. The molecule has 0 spiro atoms. The highest BCUT2D eigenvalue weighted by Crippen LogP contribution is 2.15. The van der Waals surface area contributed by atoms with Gasteiger partial charge in [-0.05, 0) is 6.92 Å². The maximum absolute atomic E-state index is 11.9. The van der Waals surface area contributed by atoms with Gasteiger partial charge in [0.05, 0.1) is 12.1 Å². The third-order valence-corrected chi connectivity index (χ3v) is 3.27. The van der Waals surface area contributed by atoms with E-state index in [0.717, 1.165) is 18.9 Å². The first kappa shape index (κ1) is 13.0. The Morgan fingerprint density at radius 1 is 1.67 bits per heavy atom. The lowest BCUT2D eigenvalue weighted by molar-refractivity contribution is -0.145. The monoisotopic (exact) mass is 252 g/mol. The number of aromatic nitrogens is 2. The van der Waals surface area contributed by atoms with Gasteiger partial charge in [-0.25, -0.2) is 4.98 Å². The van der Waals surface area contributed by atoms with Crippen molar-refractivity contribution in [2.75, 3.05) is 26.7 Å². The van der Waals surface area contributed by atoms with Crippen LogP contribution in [0.2, 0.25) is 0 Å². The first-order valence-electron chi connectivity index (χ1n) is 6.05. The van der Waals surface area contributed by atoms with Crippen LogP contribution in [0.15, 0.2) is 12.4 Å². The molecule has 1 amide bonds. The Labute approximate surface area is 107 Å². The molecule has 6 heteroatoms. The van der Waals surface area contributed by atoms with Crippen LogP contribution >= 0.6 is 0 Å². The Hall–Kier alpha value is -1.40. The van der Waals surface area contributed by atoms with Crippen molar-refractivity contribution in [1.29, 1.82) is 0 Å². The highest BCUT2D eigenvalue weighted by molar-refractivity contribution is 5.77. The molecule has 0 atom stereocenters. The summed E-state index contributed by atoms with van der Waals surface area (Å²) in [6, 6.07) is 0. The average Bonchev–Trinajstić information content (AvgIpc) is 2.69. The van der Waals surface area contributed by atoms with Crippen molar-refractivity contribution < 1.29 is 9.53 Å². The molecule has 1 fully saturated rings. The van der Waals surface area contributed by atoms with Gasteiger partial charge in [0.1, 0.15) is 12.4 Å². The third kappa shape index (κ3) is 2.88.